The Labute approximate surface area is 174 Å². The van der Waals surface area contributed by atoms with E-state index in [1.165, 1.54) is 10.4 Å². The van der Waals surface area contributed by atoms with Crippen molar-refractivity contribution in [2.24, 2.45) is 0 Å². The van der Waals surface area contributed by atoms with Crippen LogP contribution in [0, 0.1) is 0 Å². The molecule has 0 saturated carbocycles. The number of benzene rings is 1. The molecule has 0 atom stereocenters. The van der Waals surface area contributed by atoms with Crippen LogP contribution >= 0.6 is 11.3 Å². The van der Waals surface area contributed by atoms with Crippen molar-refractivity contribution in [1.82, 2.24) is 9.21 Å². The van der Waals surface area contributed by atoms with E-state index in [4.69, 9.17) is 4.42 Å². The lowest BCUT2D eigenvalue weighted by Gasteiger charge is -2.22. The van der Waals surface area contributed by atoms with E-state index in [1.54, 1.807) is 46.8 Å². The summed E-state index contributed by atoms with van der Waals surface area (Å²) in [5, 5.41) is 1.97. The van der Waals surface area contributed by atoms with Crippen LogP contribution in [0.4, 0.5) is 0 Å². The van der Waals surface area contributed by atoms with Crippen LogP contribution in [-0.4, -0.2) is 36.6 Å². The van der Waals surface area contributed by atoms with Gasteiger partial charge >= 0.3 is 0 Å². The highest BCUT2D eigenvalue weighted by Gasteiger charge is 2.28. The Morgan fingerprint density at radius 1 is 1.07 bits per heavy atom. The molecule has 1 aliphatic heterocycles. The Balaban J connectivity index is 1.61. The standard InChI is InChI=1S/C21H22N2O4S2/c24-21(22(15-18-7-4-12-27-18)16-19-8-5-13-28-19)17-6-3-9-20(14-17)29(25,26)23-10-1-2-11-23/h3-9,12-14H,1-2,10-11,15-16H2. The summed E-state index contributed by atoms with van der Waals surface area (Å²) < 4.78 is 32.7. The molecule has 0 spiro atoms. The average molecular weight is 431 g/mol. The Kier molecular flexibility index (Phi) is 5.84. The van der Waals surface area contributed by atoms with Gasteiger partial charge in [0.15, 0.2) is 0 Å². The maximum atomic E-state index is 13.3. The minimum absolute atomic E-state index is 0.166. The van der Waals surface area contributed by atoms with E-state index >= 15 is 0 Å². The number of hydrogen-bond acceptors (Lipinski definition) is 5. The zero-order valence-electron chi connectivity index (χ0n) is 15.9. The normalized spacial score (nSPS) is 14.9. The summed E-state index contributed by atoms with van der Waals surface area (Å²) in [7, 11) is -3.57. The first-order valence-corrected chi connectivity index (χ1v) is 11.8. The average Bonchev–Trinajstić information content (AvgIpc) is 3.50. The largest absolute Gasteiger partial charge is 0.467 e. The van der Waals surface area contributed by atoms with E-state index in [9.17, 15) is 13.2 Å². The molecule has 4 rings (SSSR count). The van der Waals surface area contributed by atoms with Crippen molar-refractivity contribution in [2.45, 2.75) is 30.8 Å². The van der Waals surface area contributed by atoms with Gasteiger partial charge in [0.05, 0.1) is 24.2 Å². The van der Waals surface area contributed by atoms with Gasteiger partial charge in [-0.3, -0.25) is 4.79 Å². The molecule has 3 heterocycles. The van der Waals surface area contributed by atoms with Crippen LogP contribution < -0.4 is 0 Å². The molecule has 1 aliphatic rings. The molecular weight excluding hydrogens is 408 g/mol. The Morgan fingerprint density at radius 3 is 2.59 bits per heavy atom. The van der Waals surface area contributed by atoms with Crippen LogP contribution in [0.2, 0.25) is 0 Å². The van der Waals surface area contributed by atoms with Crippen LogP contribution in [0.25, 0.3) is 0 Å². The third kappa shape index (κ3) is 4.44. The SMILES string of the molecule is O=C(c1cccc(S(=O)(=O)N2CCCC2)c1)N(Cc1ccco1)Cc1cccs1. The van der Waals surface area contributed by atoms with Gasteiger partial charge in [-0.05, 0) is 54.6 Å². The van der Waals surface area contributed by atoms with Gasteiger partial charge in [0.2, 0.25) is 10.0 Å². The monoisotopic (exact) mass is 430 g/mol. The number of amides is 1. The van der Waals surface area contributed by atoms with Gasteiger partial charge in [0, 0.05) is 23.5 Å². The number of sulfonamides is 1. The van der Waals surface area contributed by atoms with Gasteiger partial charge in [0.25, 0.3) is 5.91 Å². The number of hydrogen-bond donors (Lipinski definition) is 0. The Morgan fingerprint density at radius 2 is 1.90 bits per heavy atom. The molecule has 8 heteroatoms. The molecule has 1 saturated heterocycles. The fourth-order valence-electron chi connectivity index (χ4n) is 3.43. The summed E-state index contributed by atoms with van der Waals surface area (Å²) in [6.07, 6.45) is 3.32. The second kappa shape index (κ2) is 8.52. The summed E-state index contributed by atoms with van der Waals surface area (Å²) >= 11 is 1.57. The lowest BCUT2D eigenvalue weighted by molar-refractivity contribution is 0.0719. The molecule has 0 aliphatic carbocycles. The number of furan rings is 1. The molecule has 0 radical (unpaired) electrons. The zero-order chi connectivity index (χ0) is 20.3. The molecular formula is C21H22N2O4S2. The molecule has 3 aromatic rings. The molecule has 152 valence electrons. The predicted molar refractivity (Wildman–Crippen MR) is 111 cm³/mol. The highest BCUT2D eigenvalue weighted by molar-refractivity contribution is 7.89. The summed E-state index contributed by atoms with van der Waals surface area (Å²) in [5.41, 5.74) is 0.355. The van der Waals surface area contributed by atoms with Crippen molar-refractivity contribution >= 4 is 27.3 Å². The van der Waals surface area contributed by atoms with Crippen molar-refractivity contribution in [1.29, 1.82) is 0 Å². The number of rotatable bonds is 7. The topological polar surface area (TPSA) is 70.8 Å². The van der Waals surface area contributed by atoms with Gasteiger partial charge in [0.1, 0.15) is 5.76 Å². The van der Waals surface area contributed by atoms with E-state index < -0.39 is 10.0 Å². The van der Waals surface area contributed by atoms with E-state index in [-0.39, 0.29) is 10.8 Å². The quantitative estimate of drug-likeness (QED) is 0.569. The Hall–Kier alpha value is -2.42. The molecule has 0 unspecified atom stereocenters. The first kappa shape index (κ1) is 19.9. The first-order valence-electron chi connectivity index (χ1n) is 9.48. The molecule has 2 aromatic heterocycles. The zero-order valence-corrected chi connectivity index (χ0v) is 17.5. The minimum Gasteiger partial charge on any atom is -0.467 e. The highest BCUT2D eigenvalue weighted by Crippen LogP contribution is 2.23. The molecule has 1 fully saturated rings. The van der Waals surface area contributed by atoms with Crippen molar-refractivity contribution < 1.29 is 17.6 Å². The summed E-state index contributed by atoms with van der Waals surface area (Å²) in [5.74, 6) is 0.448. The number of carbonyl (C=O) groups is 1. The third-order valence-corrected chi connectivity index (χ3v) is 7.68. The number of nitrogens with zero attached hydrogens (tertiary/aromatic N) is 2. The van der Waals surface area contributed by atoms with Crippen LogP contribution in [0.3, 0.4) is 0 Å². The molecule has 6 nitrogen and oxygen atoms in total. The fourth-order valence-corrected chi connectivity index (χ4v) is 5.71. The van der Waals surface area contributed by atoms with Gasteiger partial charge in [-0.15, -0.1) is 11.3 Å². The van der Waals surface area contributed by atoms with Crippen LogP contribution in [0.15, 0.2) is 69.5 Å². The lowest BCUT2D eigenvalue weighted by Crippen LogP contribution is -2.31. The van der Waals surface area contributed by atoms with Crippen LogP contribution in [0.1, 0.15) is 33.8 Å². The van der Waals surface area contributed by atoms with E-state index in [0.29, 0.717) is 37.5 Å². The van der Waals surface area contributed by atoms with Gasteiger partial charge < -0.3 is 9.32 Å². The van der Waals surface area contributed by atoms with Crippen molar-refractivity contribution in [2.75, 3.05) is 13.1 Å². The fraction of sp³-hybridized carbons (Fsp3) is 0.286. The van der Waals surface area contributed by atoms with E-state index in [2.05, 4.69) is 0 Å². The molecule has 0 N–H and O–H groups in total. The van der Waals surface area contributed by atoms with E-state index in [1.807, 2.05) is 23.6 Å². The molecule has 1 amide bonds. The summed E-state index contributed by atoms with van der Waals surface area (Å²) in [4.78, 5) is 16.2. The lowest BCUT2D eigenvalue weighted by atomic mass is 10.2. The molecule has 29 heavy (non-hydrogen) atoms. The first-order chi connectivity index (χ1) is 14.0. The van der Waals surface area contributed by atoms with Crippen molar-refractivity contribution in [3.8, 4) is 0 Å². The number of thiophene rings is 1. The van der Waals surface area contributed by atoms with Gasteiger partial charge in [-0.2, -0.15) is 4.31 Å². The van der Waals surface area contributed by atoms with Crippen LogP contribution in [0.5, 0.6) is 0 Å². The maximum Gasteiger partial charge on any atom is 0.254 e. The van der Waals surface area contributed by atoms with Crippen LogP contribution in [-0.2, 0) is 23.1 Å². The molecule has 0 bridgehead atoms. The van der Waals surface area contributed by atoms with Crippen molar-refractivity contribution in [3.63, 3.8) is 0 Å². The van der Waals surface area contributed by atoms with Crippen molar-refractivity contribution in [3.05, 3.63) is 76.4 Å². The van der Waals surface area contributed by atoms with Gasteiger partial charge in [-0.25, -0.2) is 8.42 Å². The summed E-state index contributed by atoms with van der Waals surface area (Å²) in [6, 6.07) is 13.9. The number of carbonyl (C=O) groups excluding carboxylic acids is 1. The predicted octanol–water partition coefficient (Wildman–Crippen LogP) is 3.97. The third-order valence-electron chi connectivity index (χ3n) is 4.92. The summed E-state index contributed by atoms with van der Waals surface area (Å²) in [6.45, 7) is 1.81. The smallest absolute Gasteiger partial charge is 0.254 e. The van der Waals surface area contributed by atoms with E-state index in [0.717, 1.165) is 17.7 Å². The highest BCUT2D eigenvalue weighted by atomic mass is 32.2. The maximum absolute atomic E-state index is 13.3. The molecule has 1 aromatic carbocycles. The Bertz CT molecular complexity index is 1020. The second-order valence-electron chi connectivity index (χ2n) is 6.96. The van der Waals surface area contributed by atoms with Gasteiger partial charge in [-0.1, -0.05) is 12.1 Å². The second-order valence-corrected chi connectivity index (χ2v) is 9.93. The minimum atomic E-state index is -3.57.